The maximum atomic E-state index is 11.8. The molecular weight excluding hydrogens is 407 g/mol. The van der Waals surface area contributed by atoms with E-state index < -0.39 is 6.10 Å². The van der Waals surface area contributed by atoms with Crippen LogP contribution in [0.2, 0.25) is 10.0 Å². The third-order valence-corrected chi connectivity index (χ3v) is 4.28. The van der Waals surface area contributed by atoms with E-state index in [-0.39, 0.29) is 43.0 Å². The minimum atomic E-state index is -0.926. The molecule has 0 fully saturated rings. The van der Waals surface area contributed by atoms with E-state index in [1.165, 1.54) is 18.4 Å². The number of nitrogens with one attached hydrogen (secondary N) is 2. The van der Waals surface area contributed by atoms with Gasteiger partial charge in [0.25, 0.3) is 0 Å². The predicted molar refractivity (Wildman–Crippen MR) is 106 cm³/mol. The average molecular weight is 427 g/mol. The maximum absolute atomic E-state index is 11.8. The van der Waals surface area contributed by atoms with E-state index in [4.69, 9.17) is 32.4 Å². The van der Waals surface area contributed by atoms with Crippen LogP contribution in [0, 0.1) is 0 Å². The lowest BCUT2D eigenvalue weighted by molar-refractivity contribution is -0.121. The molecule has 1 atom stereocenters. The molecule has 150 valence electrons. The van der Waals surface area contributed by atoms with E-state index in [1.54, 1.807) is 30.3 Å². The van der Waals surface area contributed by atoms with Gasteiger partial charge in [0, 0.05) is 25.6 Å². The average Bonchev–Trinajstić information content (AvgIpc) is 3.19. The van der Waals surface area contributed by atoms with Crippen LogP contribution in [0.3, 0.4) is 0 Å². The Morgan fingerprint density at radius 3 is 2.79 bits per heavy atom. The fourth-order valence-corrected chi connectivity index (χ4v) is 2.41. The molecule has 0 spiro atoms. The summed E-state index contributed by atoms with van der Waals surface area (Å²) in [6.07, 6.45) is 3.50. The molecular formula is C19H20Cl2N2O5. The number of aliphatic hydroxyl groups excluding tert-OH is 1. The smallest absolute Gasteiger partial charge is 0.244 e. The van der Waals surface area contributed by atoms with Crippen molar-refractivity contribution in [2.24, 2.45) is 0 Å². The highest BCUT2D eigenvalue weighted by atomic mass is 35.5. The lowest BCUT2D eigenvalue weighted by Crippen LogP contribution is -2.37. The van der Waals surface area contributed by atoms with Gasteiger partial charge in [0.15, 0.2) is 0 Å². The van der Waals surface area contributed by atoms with E-state index in [0.717, 1.165) is 0 Å². The van der Waals surface area contributed by atoms with E-state index >= 15 is 0 Å². The fraction of sp³-hybridized carbons (Fsp3) is 0.263. The predicted octanol–water partition coefficient (Wildman–Crippen LogP) is 2.66. The van der Waals surface area contributed by atoms with Crippen molar-refractivity contribution in [2.45, 2.75) is 12.5 Å². The molecule has 28 heavy (non-hydrogen) atoms. The Bertz CT molecular complexity index is 809. The molecule has 0 saturated heterocycles. The molecule has 0 bridgehead atoms. The molecule has 1 heterocycles. The first-order valence-corrected chi connectivity index (χ1v) is 9.22. The molecule has 0 aliphatic rings. The molecule has 9 heteroatoms. The summed E-state index contributed by atoms with van der Waals surface area (Å²) in [7, 11) is 0. The summed E-state index contributed by atoms with van der Waals surface area (Å²) in [6.45, 7) is 0.107. The van der Waals surface area contributed by atoms with Gasteiger partial charge in [0.05, 0.1) is 11.3 Å². The molecule has 1 unspecified atom stereocenters. The third-order valence-electron chi connectivity index (χ3n) is 3.48. The number of rotatable bonds is 10. The highest BCUT2D eigenvalue weighted by Gasteiger charge is 2.11. The Balaban J connectivity index is 1.59. The van der Waals surface area contributed by atoms with Gasteiger partial charge in [-0.25, -0.2) is 0 Å². The van der Waals surface area contributed by atoms with Crippen LogP contribution in [0.5, 0.6) is 5.75 Å². The molecule has 3 N–H and O–H groups in total. The van der Waals surface area contributed by atoms with Crippen LogP contribution in [-0.2, 0) is 9.59 Å². The van der Waals surface area contributed by atoms with Gasteiger partial charge in [0.1, 0.15) is 29.2 Å². The Morgan fingerprint density at radius 1 is 1.21 bits per heavy atom. The SMILES string of the molecule is O=C(C=Cc1ccco1)NCCC(=O)NCC(O)COc1cccc(Cl)c1Cl. The van der Waals surface area contributed by atoms with Gasteiger partial charge < -0.3 is 24.9 Å². The number of ether oxygens (including phenoxy) is 1. The fourth-order valence-electron chi connectivity index (χ4n) is 2.06. The number of carbonyl (C=O) groups excluding carboxylic acids is 2. The summed E-state index contributed by atoms with van der Waals surface area (Å²) in [4.78, 5) is 23.4. The summed E-state index contributed by atoms with van der Waals surface area (Å²) in [5, 5.41) is 15.6. The molecule has 2 amide bonds. The highest BCUT2D eigenvalue weighted by Crippen LogP contribution is 2.31. The zero-order valence-electron chi connectivity index (χ0n) is 14.9. The molecule has 0 saturated carbocycles. The van der Waals surface area contributed by atoms with Crippen molar-refractivity contribution < 1.29 is 23.8 Å². The van der Waals surface area contributed by atoms with Crippen molar-refractivity contribution in [3.05, 3.63) is 58.5 Å². The first-order chi connectivity index (χ1) is 13.5. The normalized spacial score (nSPS) is 12.0. The van der Waals surface area contributed by atoms with Gasteiger partial charge in [-0.05, 0) is 30.3 Å². The van der Waals surface area contributed by atoms with Gasteiger partial charge in [-0.1, -0.05) is 29.3 Å². The van der Waals surface area contributed by atoms with Crippen LogP contribution in [0.4, 0.5) is 0 Å². The number of hydrogen-bond donors (Lipinski definition) is 3. The minimum absolute atomic E-state index is 0.00333. The van der Waals surface area contributed by atoms with Crippen LogP contribution in [0.25, 0.3) is 6.08 Å². The third kappa shape index (κ3) is 7.64. The molecule has 0 aliphatic carbocycles. The second-order valence-electron chi connectivity index (χ2n) is 5.71. The summed E-state index contributed by atoms with van der Waals surface area (Å²) in [5.41, 5.74) is 0. The summed E-state index contributed by atoms with van der Waals surface area (Å²) < 4.78 is 10.5. The van der Waals surface area contributed by atoms with Crippen molar-refractivity contribution in [3.63, 3.8) is 0 Å². The molecule has 2 aromatic rings. The van der Waals surface area contributed by atoms with E-state index in [2.05, 4.69) is 10.6 Å². The van der Waals surface area contributed by atoms with E-state index in [9.17, 15) is 14.7 Å². The number of carbonyl (C=O) groups is 2. The monoisotopic (exact) mass is 426 g/mol. The molecule has 7 nitrogen and oxygen atoms in total. The van der Waals surface area contributed by atoms with Gasteiger partial charge in [-0.3, -0.25) is 9.59 Å². The second-order valence-corrected chi connectivity index (χ2v) is 6.50. The number of hydrogen-bond acceptors (Lipinski definition) is 5. The quantitative estimate of drug-likeness (QED) is 0.507. The van der Waals surface area contributed by atoms with Crippen molar-refractivity contribution >= 4 is 41.1 Å². The van der Waals surface area contributed by atoms with Crippen LogP contribution in [0.1, 0.15) is 12.2 Å². The molecule has 0 radical (unpaired) electrons. The first-order valence-electron chi connectivity index (χ1n) is 8.46. The highest BCUT2D eigenvalue weighted by molar-refractivity contribution is 6.42. The molecule has 1 aromatic carbocycles. The Hall–Kier alpha value is -2.48. The van der Waals surface area contributed by atoms with E-state index in [0.29, 0.717) is 16.5 Å². The minimum Gasteiger partial charge on any atom is -0.489 e. The van der Waals surface area contributed by atoms with Gasteiger partial charge in [-0.15, -0.1) is 0 Å². The number of halogens is 2. The van der Waals surface area contributed by atoms with Gasteiger partial charge >= 0.3 is 0 Å². The summed E-state index contributed by atoms with van der Waals surface area (Å²) in [5.74, 6) is 0.263. The van der Waals surface area contributed by atoms with Crippen LogP contribution in [0.15, 0.2) is 47.1 Å². The van der Waals surface area contributed by atoms with Crippen molar-refractivity contribution in [3.8, 4) is 5.75 Å². The number of furan rings is 1. The molecule has 1 aromatic heterocycles. The zero-order valence-corrected chi connectivity index (χ0v) is 16.4. The standard InChI is InChI=1S/C19H20Cl2N2O5/c20-15-4-1-5-16(19(15)21)28-12-13(24)11-23-18(26)8-9-22-17(25)7-6-14-3-2-10-27-14/h1-7,10,13,24H,8-9,11-12H2,(H,22,25)(H,23,26). The Labute approximate surface area is 172 Å². The summed E-state index contributed by atoms with van der Waals surface area (Å²) in [6, 6.07) is 8.36. The van der Waals surface area contributed by atoms with E-state index in [1.807, 2.05) is 0 Å². The lowest BCUT2D eigenvalue weighted by atomic mass is 10.3. The zero-order chi connectivity index (χ0) is 20.4. The maximum Gasteiger partial charge on any atom is 0.244 e. The van der Waals surface area contributed by atoms with Crippen LogP contribution >= 0.6 is 23.2 Å². The van der Waals surface area contributed by atoms with Gasteiger partial charge in [-0.2, -0.15) is 0 Å². The van der Waals surface area contributed by atoms with Crippen LogP contribution in [-0.4, -0.2) is 42.7 Å². The van der Waals surface area contributed by atoms with Gasteiger partial charge in [0.2, 0.25) is 11.8 Å². The Kier molecular flexibility index (Phi) is 8.87. The first kappa shape index (κ1) is 21.8. The number of aliphatic hydroxyl groups is 1. The van der Waals surface area contributed by atoms with Crippen molar-refractivity contribution in [1.82, 2.24) is 10.6 Å². The van der Waals surface area contributed by atoms with Crippen LogP contribution < -0.4 is 15.4 Å². The Morgan fingerprint density at radius 2 is 2.04 bits per heavy atom. The number of amides is 2. The lowest BCUT2D eigenvalue weighted by Gasteiger charge is -2.14. The van der Waals surface area contributed by atoms with Crippen molar-refractivity contribution in [2.75, 3.05) is 19.7 Å². The molecule has 0 aliphatic heterocycles. The number of benzene rings is 1. The summed E-state index contributed by atoms with van der Waals surface area (Å²) >= 11 is 11.9. The second kappa shape index (κ2) is 11.4. The van der Waals surface area contributed by atoms with Crippen molar-refractivity contribution in [1.29, 1.82) is 0 Å². The molecule has 2 rings (SSSR count). The topological polar surface area (TPSA) is 101 Å². The largest absolute Gasteiger partial charge is 0.489 e.